The molecule has 0 saturated heterocycles. The van der Waals surface area contributed by atoms with Crippen LogP contribution in [0.5, 0.6) is 0 Å². The molecule has 0 saturated carbocycles. The lowest BCUT2D eigenvalue weighted by atomic mass is 9.95. The Hall–Kier alpha value is -1.70. The molecule has 0 radical (unpaired) electrons. The van der Waals surface area contributed by atoms with Crippen LogP contribution in [-0.4, -0.2) is 57.3 Å². The smallest absolute Gasteiger partial charge is 0.303 e. The largest absolute Gasteiger partial charge is 0.481 e. The molecule has 0 fully saturated rings. The van der Waals surface area contributed by atoms with Gasteiger partial charge in [0.15, 0.2) is 0 Å². The molecule has 286 valence electrons. The van der Waals surface area contributed by atoms with Crippen LogP contribution in [0.2, 0.25) is 0 Å². The number of allylic oxidation sites excluding steroid dienone is 4. The fourth-order valence-corrected chi connectivity index (χ4v) is 4.84. The van der Waals surface area contributed by atoms with E-state index in [1.165, 1.54) is 141 Å². The summed E-state index contributed by atoms with van der Waals surface area (Å²) in [6, 6.07) is 0. The van der Waals surface area contributed by atoms with E-state index in [0.717, 1.165) is 25.7 Å². The number of rotatable bonds is 33. The first-order chi connectivity index (χ1) is 23.2. The molecule has 7 nitrogen and oxygen atoms in total. The minimum absolute atomic E-state index is 0.181. The molecule has 0 spiro atoms. The molecule has 0 bridgehead atoms. The van der Waals surface area contributed by atoms with Crippen molar-refractivity contribution in [1.82, 2.24) is 0 Å². The van der Waals surface area contributed by atoms with Gasteiger partial charge < -0.3 is 25.5 Å². The summed E-state index contributed by atoms with van der Waals surface area (Å²) in [5.41, 5.74) is -0.708. The molecule has 0 aromatic rings. The molecular formula is C41H80O7. The summed E-state index contributed by atoms with van der Waals surface area (Å²) in [6.45, 7) is 5.58. The van der Waals surface area contributed by atoms with Gasteiger partial charge in [-0.15, -0.1) is 0 Å². The Balaban J connectivity index is -0.000000689. The number of hydrogen-bond acceptors (Lipinski definition) is 5. The first-order valence-electron chi connectivity index (χ1n) is 19.8. The molecule has 0 unspecified atom stereocenters. The van der Waals surface area contributed by atoms with Crippen LogP contribution in [0.3, 0.4) is 0 Å². The maximum atomic E-state index is 10.3. The van der Waals surface area contributed by atoms with Gasteiger partial charge in [-0.05, 0) is 64.2 Å². The zero-order valence-electron chi connectivity index (χ0n) is 31.8. The van der Waals surface area contributed by atoms with Crippen LogP contribution < -0.4 is 0 Å². The lowest BCUT2D eigenvalue weighted by Gasteiger charge is -2.20. The van der Waals surface area contributed by atoms with E-state index in [-0.39, 0.29) is 19.8 Å². The van der Waals surface area contributed by atoms with E-state index >= 15 is 0 Å². The lowest BCUT2D eigenvalue weighted by molar-refractivity contribution is -0.138. The summed E-state index contributed by atoms with van der Waals surface area (Å²) in [5, 5.41) is 42.4. The monoisotopic (exact) mass is 685 g/mol. The van der Waals surface area contributed by atoms with E-state index in [1.807, 2.05) is 0 Å². The molecular weight excluding hydrogens is 604 g/mol. The number of unbranched alkanes of at least 4 members (excludes halogenated alkanes) is 22. The third kappa shape index (κ3) is 48.7. The van der Waals surface area contributed by atoms with Gasteiger partial charge in [0, 0.05) is 18.3 Å². The van der Waals surface area contributed by atoms with E-state index in [9.17, 15) is 9.59 Å². The van der Waals surface area contributed by atoms with E-state index in [4.69, 9.17) is 25.5 Å². The Bertz CT molecular complexity index is 643. The highest BCUT2D eigenvalue weighted by molar-refractivity contribution is 5.66. The van der Waals surface area contributed by atoms with Crippen molar-refractivity contribution in [2.75, 3.05) is 19.8 Å². The highest BCUT2D eigenvalue weighted by atomic mass is 16.4. The Labute approximate surface area is 296 Å². The third-order valence-corrected chi connectivity index (χ3v) is 8.45. The average Bonchev–Trinajstić information content (AvgIpc) is 3.08. The number of carboxylic acid groups (broad SMARTS) is 2. The molecule has 48 heavy (non-hydrogen) atoms. The van der Waals surface area contributed by atoms with Crippen LogP contribution in [0.25, 0.3) is 0 Å². The Morgan fingerprint density at radius 2 is 0.646 bits per heavy atom. The van der Waals surface area contributed by atoms with Crippen molar-refractivity contribution in [3.05, 3.63) is 24.3 Å². The van der Waals surface area contributed by atoms with Crippen LogP contribution in [-0.2, 0) is 9.59 Å². The van der Waals surface area contributed by atoms with Crippen LogP contribution in [0, 0.1) is 5.41 Å². The zero-order valence-corrected chi connectivity index (χ0v) is 31.8. The first-order valence-corrected chi connectivity index (χ1v) is 19.8. The third-order valence-electron chi connectivity index (χ3n) is 8.45. The Morgan fingerprint density at radius 3 is 0.854 bits per heavy atom. The minimum Gasteiger partial charge on any atom is -0.481 e. The number of aliphatic hydroxyl groups is 3. The van der Waals surface area contributed by atoms with E-state index < -0.39 is 17.4 Å². The number of aliphatic hydroxyl groups excluding tert-OH is 3. The van der Waals surface area contributed by atoms with Crippen LogP contribution >= 0.6 is 0 Å². The predicted octanol–water partition coefficient (Wildman–Crippen LogP) is 11.2. The van der Waals surface area contributed by atoms with Gasteiger partial charge in [-0.2, -0.15) is 0 Å². The summed E-state index contributed by atoms with van der Waals surface area (Å²) in [4.78, 5) is 20.6. The van der Waals surface area contributed by atoms with Gasteiger partial charge in [0.1, 0.15) is 0 Å². The average molecular weight is 685 g/mol. The summed E-state index contributed by atoms with van der Waals surface area (Å²) in [5.74, 6) is -1.33. The Morgan fingerprint density at radius 1 is 0.417 bits per heavy atom. The summed E-state index contributed by atoms with van der Waals surface area (Å²) in [7, 11) is 0. The molecule has 0 aromatic carbocycles. The second-order valence-electron chi connectivity index (χ2n) is 13.7. The van der Waals surface area contributed by atoms with Gasteiger partial charge in [-0.1, -0.05) is 148 Å². The second-order valence-corrected chi connectivity index (χ2v) is 13.7. The van der Waals surface area contributed by atoms with Crippen LogP contribution in [0.1, 0.15) is 201 Å². The summed E-state index contributed by atoms with van der Waals surface area (Å²) >= 11 is 0. The minimum atomic E-state index is -0.708. The summed E-state index contributed by atoms with van der Waals surface area (Å²) in [6.07, 6.45) is 42.5. The van der Waals surface area contributed by atoms with Crippen LogP contribution in [0.4, 0.5) is 0 Å². The van der Waals surface area contributed by atoms with Crippen LogP contribution in [0.15, 0.2) is 24.3 Å². The normalized spacial score (nSPS) is 11.4. The highest BCUT2D eigenvalue weighted by Gasteiger charge is 2.20. The van der Waals surface area contributed by atoms with Crippen molar-refractivity contribution in [2.24, 2.45) is 5.41 Å². The van der Waals surface area contributed by atoms with Crippen molar-refractivity contribution in [2.45, 2.75) is 201 Å². The molecule has 0 aliphatic carbocycles. The molecule has 5 N–H and O–H groups in total. The molecule has 0 aliphatic rings. The topological polar surface area (TPSA) is 135 Å². The molecule has 0 heterocycles. The van der Waals surface area contributed by atoms with Crippen molar-refractivity contribution >= 4 is 11.9 Å². The molecule has 0 atom stereocenters. The van der Waals surface area contributed by atoms with Gasteiger partial charge in [0.25, 0.3) is 0 Å². The number of hydrogen-bond donors (Lipinski definition) is 5. The fraction of sp³-hybridized carbons (Fsp3) is 0.854. The standard InChI is InChI=1S/2C18H34O2.C5H12O3/c2*1-2-3-4-5-6-7-8-9-10-11-12-13-14-15-16-17-18(19)20;1-5(2-6,3-7)4-8/h2*9-10H,2-8,11-17H2,1H3,(H,19,20);6-8H,2-4H2,1H3/b2*10-9-;. The second kappa shape index (κ2) is 43.3. The predicted molar refractivity (Wildman–Crippen MR) is 204 cm³/mol. The van der Waals surface area contributed by atoms with Crippen molar-refractivity contribution in [1.29, 1.82) is 0 Å². The maximum absolute atomic E-state index is 10.3. The maximum Gasteiger partial charge on any atom is 0.303 e. The summed E-state index contributed by atoms with van der Waals surface area (Å²) < 4.78 is 0. The van der Waals surface area contributed by atoms with Crippen molar-refractivity contribution in [3.63, 3.8) is 0 Å². The van der Waals surface area contributed by atoms with Gasteiger partial charge in [-0.3, -0.25) is 9.59 Å². The molecule has 7 heteroatoms. The van der Waals surface area contributed by atoms with Gasteiger partial charge in [0.2, 0.25) is 0 Å². The Kier molecular flexibility index (Phi) is 45.7. The molecule has 0 aromatic heterocycles. The number of carboxylic acids is 2. The zero-order chi connectivity index (χ0) is 36.4. The molecule has 0 rings (SSSR count). The van der Waals surface area contributed by atoms with Gasteiger partial charge in [0.05, 0.1) is 19.8 Å². The lowest BCUT2D eigenvalue weighted by Crippen LogP contribution is -2.29. The van der Waals surface area contributed by atoms with E-state index in [2.05, 4.69) is 38.2 Å². The number of aliphatic carboxylic acids is 2. The first kappa shape index (κ1) is 50.7. The molecule has 0 amide bonds. The van der Waals surface area contributed by atoms with Gasteiger partial charge >= 0.3 is 11.9 Å². The van der Waals surface area contributed by atoms with Gasteiger partial charge in [-0.25, -0.2) is 0 Å². The fourth-order valence-electron chi connectivity index (χ4n) is 4.84. The van der Waals surface area contributed by atoms with Crippen molar-refractivity contribution < 1.29 is 35.1 Å². The number of carbonyl (C=O) groups is 2. The quantitative estimate of drug-likeness (QED) is 0.0343. The van der Waals surface area contributed by atoms with E-state index in [1.54, 1.807) is 6.92 Å². The van der Waals surface area contributed by atoms with E-state index in [0.29, 0.717) is 12.8 Å². The SMILES string of the molecule is CC(CO)(CO)CO.CCCCCCCC/C=C\CCCCCCCC(=O)O.CCCCCCCC/C=C\CCCCCCCC(=O)O. The highest BCUT2D eigenvalue weighted by Crippen LogP contribution is 2.12. The molecule has 0 aliphatic heterocycles. The van der Waals surface area contributed by atoms with Crippen molar-refractivity contribution in [3.8, 4) is 0 Å².